The van der Waals surface area contributed by atoms with E-state index in [1.807, 2.05) is 17.4 Å². The molecule has 4 nitrogen and oxygen atoms in total. The fraction of sp³-hybridized carbons (Fsp3) is 0.478. The van der Waals surface area contributed by atoms with Crippen LogP contribution in [0.25, 0.3) is 20.8 Å². The van der Waals surface area contributed by atoms with E-state index in [1.165, 1.54) is 25.6 Å². The summed E-state index contributed by atoms with van der Waals surface area (Å²) in [5, 5.41) is 4.63. The lowest BCUT2D eigenvalue weighted by molar-refractivity contribution is -0.118. The highest BCUT2D eigenvalue weighted by Gasteiger charge is 2.27. The Labute approximate surface area is 180 Å². The maximum absolute atomic E-state index is 12.7. The van der Waals surface area contributed by atoms with Crippen LogP contribution >= 0.6 is 22.7 Å². The lowest BCUT2D eigenvalue weighted by atomic mass is 9.97. The van der Waals surface area contributed by atoms with Crippen molar-refractivity contribution in [3.8, 4) is 10.6 Å². The van der Waals surface area contributed by atoms with Gasteiger partial charge >= 0.3 is 0 Å². The molecule has 0 amide bonds. The van der Waals surface area contributed by atoms with Crippen molar-refractivity contribution in [1.82, 2.24) is 10.3 Å². The largest absolute Gasteiger partial charge is 0.385 e. The van der Waals surface area contributed by atoms with Crippen LogP contribution in [-0.4, -0.2) is 31.0 Å². The molecule has 6 heteroatoms. The van der Waals surface area contributed by atoms with Crippen LogP contribution in [0.3, 0.4) is 0 Å². The highest BCUT2D eigenvalue weighted by Crippen LogP contribution is 2.44. The second-order valence-electron chi connectivity index (χ2n) is 7.67. The molecule has 0 aliphatic carbocycles. The van der Waals surface area contributed by atoms with Gasteiger partial charge in [-0.25, -0.2) is 4.98 Å². The van der Waals surface area contributed by atoms with Crippen molar-refractivity contribution in [2.45, 2.75) is 51.5 Å². The van der Waals surface area contributed by atoms with Crippen LogP contribution < -0.4 is 5.32 Å². The zero-order valence-corrected chi connectivity index (χ0v) is 18.8. The molecule has 0 saturated heterocycles. The molecule has 3 aromatic rings. The molecule has 0 saturated carbocycles. The Morgan fingerprint density at radius 1 is 1.24 bits per heavy atom. The Morgan fingerprint density at radius 2 is 2.10 bits per heavy atom. The standard InChI is InChI=1S/C23H28N2O2S2/c1-15-22-17(11-12-24-15)21(23-25-18-9-5-6-10-19(18)29-23)20(28-22)14-16(26)8-4-3-7-13-27-2/h5-6,9-10,15,24H,3-4,7-8,11-14H2,1-2H3/t15-/m1/s1. The third-order valence-electron chi connectivity index (χ3n) is 5.50. The first-order valence-electron chi connectivity index (χ1n) is 10.4. The van der Waals surface area contributed by atoms with Crippen LogP contribution in [-0.2, 0) is 22.4 Å². The number of para-hydroxylation sites is 1. The van der Waals surface area contributed by atoms with E-state index in [0.29, 0.717) is 24.7 Å². The molecule has 1 aromatic carbocycles. The molecule has 0 bridgehead atoms. The van der Waals surface area contributed by atoms with E-state index >= 15 is 0 Å². The van der Waals surface area contributed by atoms with Crippen LogP contribution in [0, 0.1) is 0 Å². The smallest absolute Gasteiger partial charge is 0.138 e. The van der Waals surface area contributed by atoms with Gasteiger partial charge in [-0.2, -0.15) is 0 Å². The molecule has 4 rings (SSSR count). The number of Topliss-reactive ketones (excluding diaryl/α,β-unsaturated/α-hetero) is 1. The predicted octanol–water partition coefficient (Wildman–Crippen LogP) is 5.55. The third kappa shape index (κ3) is 4.61. The Bertz CT molecular complexity index is 959. The van der Waals surface area contributed by atoms with Crippen LogP contribution in [0.15, 0.2) is 24.3 Å². The van der Waals surface area contributed by atoms with Gasteiger partial charge in [0.1, 0.15) is 10.8 Å². The third-order valence-corrected chi connectivity index (χ3v) is 7.97. The average molecular weight is 429 g/mol. The Hall–Kier alpha value is -1.60. The second kappa shape index (κ2) is 9.47. The molecule has 1 aliphatic rings. The van der Waals surface area contributed by atoms with Crippen molar-refractivity contribution in [3.63, 3.8) is 0 Å². The van der Waals surface area contributed by atoms with Crippen LogP contribution in [0.4, 0.5) is 0 Å². The van der Waals surface area contributed by atoms with Gasteiger partial charge in [0, 0.05) is 47.9 Å². The number of hydrogen-bond donors (Lipinski definition) is 1. The molecule has 0 radical (unpaired) electrons. The second-order valence-corrected chi connectivity index (χ2v) is 9.84. The first-order chi connectivity index (χ1) is 14.2. The molecule has 0 spiro atoms. The molecule has 29 heavy (non-hydrogen) atoms. The molecular formula is C23H28N2O2S2. The molecule has 1 atom stereocenters. The number of thiophene rings is 1. The van der Waals surface area contributed by atoms with E-state index in [-0.39, 0.29) is 0 Å². The molecule has 1 N–H and O–H groups in total. The summed E-state index contributed by atoms with van der Waals surface area (Å²) in [6.45, 7) is 3.98. The van der Waals surface area contributed by atoms with Gasteiger partial charge in [0.15, 0.2) is 0 Å². The Morgan fingerprint density at radius 3 is 2.93 bits per heavy atom. The number of fused-ring (bicyclic) bond motifs is 2. The lowest BCUT2D eigenvalue weighted by Crippen LogP contribution is -2.26. The van der Waals surface area contributed by atoms with Crippen molar-refractivity contribution < 1.29 is 9.53 Å². The zero-order valence-electron chi connectivity index (χ0n) is 17.1. The van der Waals surface area contributed by atoms with Gasteiger partial charge in [-0.1, -0.05) is 18.6 Å². The topological polar surface area (TPSA) is 51.2 Å². The Kier molecular flexibility index (Phi) is 6.75. The van der Waals surface area contributed by atoms with Gasteiger partial charge in [-0.3, -0.25) is 4.79 Å². The number of methoxy groups -OCH3 is 1. The number of unbranched alkanes of at least 4 members (excludes halogenated alkanes) is 2. The number of rotatable bonds is 9. The minimum Gasteiger partial charge on any atom is -0.385 e. The maximum Gasteiger partial charge on any atom is 0.138 e. The summed E-state index contributed by atoms with van der Waals surface area (Å²) in [5.41, 5.74) is 3.69. The van der Waals surface area contributed by atoms with Gasteiger partial charge in [0.25, 0.3) is 0 Å². The summed E-state index contributed by atoms with van der Waals surface area (Å²) in [4.78, 5) is 20.3. The molecular weight excluding hydrogens is 400 g/mol. The van der Waals surface area contributed by atoms with Crippen LogP contribution in [0.5, 0.6) is 0 Å². The van der Waals surface area contributed by atoms with Gasteiger partial charge in [0.05, 0.1) is 10.2 Å². The monoisotopic (exact) mass is 428 g/mol. The van der Waals surface area contributed by atoms with E-state index in [4.69, 9.17) is 9.72 Å². The predicted molar refractivity (Wildman–Crippen MR) is 122 cm³/mol. The van der Waals surface area contributed by atoms with E-state index in [2.05, 4.69) is 30.4 Å². The number of carbonyl (C=O) groups is 1. The molecule has 2 aromatic heterocycles. The zero-order chi connectivity index (χ0) is 20.2. The SMILES string of the molecule is COCCCCCC(=O)Cc1sc2c(c1-c1nc3ccccc3s1)CCN[C@@H]2C. The highest BCUT2D eigenvalue weighted by atomic mass is 32.1. The number of benzene rings is 1. The minimum atomic E-state index is 0.337. The number of nitrogens with zero attached hydrogens (tertiary/aromatic N) is 1. The fourth-order valence-electron chi connectivity index (χ4n) is 4.01. The van der Waals surface area contributed by atoms with Crippen molar-refractivity contribution in [2.75, 3.05) is 20.3 Å². The number of ketones is 1. The first kappa shape index (κ1) is 20.7. The van der Waals surface area contributed by atoms with Crippen molar-refractivity contribution in [2.24, 2.45) is 0 Å². The Balaban J connectivity index is 1.60. The summed E-state index contributed by atoms with van der Waals surface area (Å²) >= 11 is 3.56. The quantitative estimate of drug-likeness (QED) is 0.454. The fourth-order valence-corrected chi connectivity index (χ4v) is 6.54. The minimum absolute atomic E-state index is 0.337. The molecule has 154 valence electrons. The van der Waals surface area contributed by atoms with Gasteiger partial charge < -0.3 is 10.1 Å². The molecule has 0 unspecified atom stereocenters. The number of ether oxygens (including phenoxy) is 1. The van der Waals surface area contributed by atoms with Crippen LogP contribution in [0.2, 0.25) is 0 Å². The number of nitrogens with one attached hydrogen (secondary N) is 1. The summed E-state index contributed by atoms with van der Waals surface area (Å²) in [7, 11) is 1.73. The summed E-state index contributed by atoms with van der Waals surface area (Å²) < 4.78 is 6.30. The normalized spacial score (nSPS) is 16.3. The van der Waals surface area contributed by atoms with E-state index in [9.17, 15) is 4.79 Å². The summed E-state index contributed by atoms with van der Waals surface area (Å²) in [6, 6.07) is 8.64. The summed E-state index contributed by atoms with van der Waals surface area (Å²) in [6.07, 6.45) is 5.21. The van der Waals surface area contributed by atoms with Crippen molar-refractivity contribution in [1.29, 1.82) is 0 Å². The van der Waals surface area contributed by atoms with Gasteiger partial charge in [0.2, 0.25) is 0 Å². The maximum atomic E-state index is 12.7. The summed E-state index contributed by atoms with van der Waals surface area (Å²) in [5.74, 6) is 0.337. The molecule has 3 heterocycles. The number of hydrogen-bond acceptors (Lipinski definition) is 6. The van der Waals surface area contributed by atoms with Crippen LogP contribution in [0.1, 0.15) is 54.0 Å². The van der Waals surface area contributed by atoms with Gasteiger partial charge in [-0.15, -0.1) is 22.7 Å². The van der Waals surface area contributed by atoms with Crippen molar-refractivity contribution in [3.05, 3.63) is 39.6 Å². The number of aromatic nitrogens is 1. The van der Waals surface area contributed by atoms with E-state index in [0.717, 1.165) is 49.4 Å². The van der Waals surface area contributed by atoms with Gasteiger partial charge in [-0.05, 0) is 50.4 Å². The first-order valence-corrected chi connectivity index (χ1v) is 12.0. The number of carbonyl (C=O) groups excluding carboxylic acids is 1. The molecule has 0 fully saturated rings. The van der Waals surface area contributed by atoms with E-state index in [1.54, 1.807) is 18.4 Å². The lowest BCUT2D eigenvalue weighted by Gasteiger charge is -2.20. The average Bonchev–Trinajstić information content (AvgIpc) is 3.29. The number of thiazole rings is 1. The molecule has 1 aliphatic heterocycles. The highest BCUT2D eigenvalue weighted by molar-refractivity contribution is 7.22. The van der Waals surface area contributed by atoms with Crippen molar-refractivity contribution >= 4 is 38.7 Å². The van der Waals surface area contributed by atoms with E-state index < -0.39 is 0 Å².